The van der Waals surface area contributed by atoms with Crippen LogP contribution in [-0.2, 0) is 0 Å². The monoisotopic (exact) mass is 320 g/mol. The highest BCUT2D eigenvalue weighted by Crippen LogP contribution is 2.17. The van der Waals surface area contributed by atoms with E-state index in [0.29, 0.717) is 18.7 Å². The second-order valence-electron chi connectivity index (χ2n) is 5.77. The fraction of sp³-hybridized carbons (Fsp3) is 0.200. The van der Waals surface area contributed by atoms with E-state index in [1.807, 2.05) is 61.5 Å². The Morgan fingerprint density at radius 3 is 2.62 bits per heavy atom. The predicted molar refractivity (Wildman–Crippen MR) is 95.4 cm³/mol. The SMILES string of the molecule is Cc1ccc(OCCN(C)C(=O)c2cccc3cccnc23)cc1. The second-order valence-corrected chi connectivity index (χ2v) is 5.77. The maximum absolute atomic E-state index is 12.7. The minimum Gasteiger partial charge on any atom is -0.492 e. The van der Waals surface area contributed by atoms with Crippen molar-refractivity contribution in [2.75, 3.05) is 20.2 Å². The van der Waals surface area contributed by atoms with E-state index in [4.69, 9.17) is 4.74 Å². The molecule has 1 aromatic heterocycles. The second kappa shape index (κ2) is 7.13. The van der Waals surface area contributed by atoms with Crippen LogP contribution in [0.1, 0.15) is 15.9 Å². The van der Waals surface area contributed by atoms with Gasteiger partial charge in [-0.3, -0.25) is 9.78 Å². The third-order valence-corrected chi connectivity index (χ3v) is 3.93. The number of amides is 1. The van der Waals surface area contributed by atoms with E-state index in [1.54, 1.807) is 18.1 Å². The zero-order valence-corrected chi connectivity index (χ0v) is 13.9. The molecule has 0 spiro atoms. The maximum Gasteiger partial charge on any atom is 0.255 e. The zero-order chi connectivity index (χ0) is 16.9. The highest BCUT2D eigenvalue weighted by Gasteiger charge is 2.15. The van der Waals surface area contributed by atoms with E-state index >= 15 is 0 Å². The van der Waals surface area contributed by atoms with Gasteiger partial charge in [-0.2, -0.15) is 0 Å². The van der Waals surface area contributed by atoms with E-state index in [2.05, 4.69) is 4.98 Å². The fourth-order valence-corrected chi connectivity index (χ4v) is 2.52. The number of benzene rings is 2. The van der Waals surface area contributed by atoms with Gasteiger partial charge in [0.15, 0.2) is 0 Å². The molecule has 1 amide bonds. The van der Waals surface area contributed by atoms with Crippen molar-refractivity contribution in [3.8, 4) is 5.75 Å². The molecule has 1 heterocycles. The van der Waals surface area contributed by atoms with Gasteiger partial charge < -0.3 is 9.64 Å². The Balaban J connectivity index is 1.65. The summed E-state index contributed by atoms with van der Waals surface area (Å²) in [7, 11) is 1.78. The summed E-state index contributed by atoms with van der Waals surface area (Å²) in [4.78, 5) is 18.7. The predicted octanol–water partition coefficient (Wildman–Crippen LogP) is 3.69. The molecule has 0 N–H and O–H groups in total. The lowest BCUT2D eigenvalue weighted by atomic mass is 10.1. The van der Waals surface area contributed by atoms with Gasteiger partial charge in [0.05, 0.1) is 17.6 Å². The number of aromatic nitrogens is 1. The van der Waals surface area contributed by atoms with Gasteiger partial charge in [0.1, 0.15) is 12.4 Å². The van der Waals surface area contributed by atoms with Crippen molar-refractivity contribution >= 4 is 16.8 Å². The van der Waals surface area contributed by atoms with Crippen LogP contribution in [0.3, 0.4) is 0 Å². The number of carbonyl (C=O) groups is 1. The molecule has 2 aromatic carbocycles. The third-order valence-electron chi connectivity index (χ3n) is 3.93. The van der Waals surface area contributed by atoms with Crippen molar-refractivity contribution in [2.45, 2.75) is 6.92 Å². The first-order valence-corrected chi connectivity index (χ1v) is 7.94. The molecule has 0 bridgehead atoms. The molecule has 3 aromatic rings. The molecule has 0 aliphatic rings. The van der Waals surface area contributed by atoms with Crippen molar-refractivity contribution in [3.05, 3.63) is 71.9 Å². The molecule has 0 aliphatic heterocycles. The topological polar surface area (TPSA) is 42.4 Å². The van der Waals surface area contributed by atoms with Crippen molar-refractivity contribution in [2.24, 2.45) is 0 Å². The van der Waals surface area contributed by atoms with E-state index in [9.17, 15) is 4.79 Å². The van der Waals surface area contributed by atoms with Gasteiger partial charge in [-0.15, -0.1) is 0 Å². The van der Waals surface area contributed by atoms with E-state index in [-0.39, 0.29) is 5.91 Å². The molecule has 0 fully saturated rings. The van der Waals surface area contributed by atoms with Gasteiger partial charge in [0.2, 0.25) is 0 Å². The smallest absolute Gasteiger partial charge is 0.255 e. The Hall–Kier alpha value is -2.88. The Morgan fingerprint density at radius 2 is 1.83 bits per heavy atom. The van der Waals surface area contributed by atoms with Gasteiger partial charge in [0, 0.05) is 18.6 Å². The number of para-hydroxylation sites is 1. The number of hydrogen-bond donors (Lipinski definition) is 0. The average molecular weight is 320 g/mol. The lowest BCUT2D eigenvalue weighted by Crippen LogP contribution is -2.31. The van der Waals surface area contributed by atoms with Crippen molar-refractivity contribution in [1.82, 2.24) is 9.88 Å². The minimum absolute atomic E-state index is 0.0493. The number of rotatable bonds is 5. The summed E-state index contributed by atoms with van der Waals surface area (Å²) in [5.41, 5.74) is 2.54. The summed E-state index contributed by atoms with van der Waals surface area (Å²) in [6.45, 7) is 2.99. The highest BCUT2D eigenvalue weighted by molar-refractivity contribution is 6.05. The van der Waals surface area contributed by atoms with Crippen molar-refractivity contribution in [1.29, 1.82) is 0 Å². The molecule has 0 unspecified atom stereocenters. The van der Waals surface area contributed by atoms with Crippen molar-refractivity contribution in [3.63, 3.8) is 0 Å². The summed E-state index contributed by atoms with van der Waals surface area (Å²) in [5.74, 6) is 0.764. The first-order chi connectivity index (χ1) is 11.6. The Labute approximate surface area is 141 Å². The molecule has 4 heteroatoms. The summed E-state index contributed by atoms with van der Waals surface area (Å²) in [6, 6.07) is 17.4. The summed E-state index contributed by atoms with van der Waals surface area (Å²) >= 11 is 0. The van der Waals surface area contributed by atoms with E-state index in [1.165, 1.54) is 5.56 Å². The molecule has 0 aliphatic carbocycles. The fourth-order valence-electron chi connectivity index (χ4n) is 2.52. The minimum atomic E-state index is -0.0493. The number of fused-ring (bicyclic) bond motifs is 1. The number of nitrogens with zero attached hydrogens (tertiary/aromatic N) is 2. The van der Waals surface area contributed by atoms with Crippen molar-refractivity contribution < 1.29 is 9.53 Å². The van der Waals surface area contributed by atoms with Crippen LogP contribution in [-0.4, -0.2) is 36.0 Å². The number of hydrogen-bond acceptors (Lipinski definition) is 3. The Morgan fingerprint density at radius 1 is 1.08 bits per heavy atom. The van der Waals surface area contributed by atoms with E-state index in [0.717, 1.165) is 16.7 Å². The lowest BCUT2D eigenvalue weighted by molar-refractivity contribution is 0.0775. The zero-order valence-electron chi connectivity index (χ0n) is 13.9. The number of ether oxygens (including phenoxy) is 1. The van der Waals surface area contributed by atoms with Gasteiger partial charge in [-0.05, 0) is 31.2 Å². The largest absolute Gasteiger partial charge is 0.492 e. The van der Waals surface area contributed by atoms with Crippen LogP contribution < -0.4 is 4.74 Å². The highest BCUT2D eigenvalue weighted by atomic mass is 16.5. The van der Waals surface area contributed by atoms with Gasteiger partial charge in [-0.25, -0.2) is 0 Å². The van der Waals surface area contributed by atoms with Gasteiger partial charge in [-0.1, -0.05) is 35.9 Å². The van der Waals surface area contributed by atoms with Crippen LogP contribution in [0, 0.1) is 6.92 Å². The number of likely N-dealkylation sites (N-methyl/N-ethyl adjacent to an activating group) is 1. The van der Waals surface area contributed by atoms with Crippen LogP contribution in [0.2, 0.25) is 0 Å². The van der Waals surface area contributed by atoms with Crippen LogP contribution >= 0.6 is 0 Å². The summed E-state index contributed by atoms with van der Waals surface area (Å²) in [6.07, 6.45) is 1.71. The Bertz CT molecular complexity index is 838. The number of aryl methyl sites for hydroxylation is 1. The molecule has 0 atom stereocenters. The molecule has 24 heavy (non-hydrogen) atoms. The molecule has 0 saturated carbocycles. The van der Waals surface area contributed by atoms with Gasteiger partial charge >= 0.3 is 0 Å². The third kappa shape index (κ3) is 3.54. The molecule has 3 rings (SSSR count). The average Bonchev–Trinajstić information content (AvgIpc) is 2.62. The summed E-state index contributed by atoms with van der Waals surface area (Å²) in [5, 5.41) is 0.965. The van der Waals surface area contributed by atoms with Crippen LogP contribution in [0.15, 0.2) is 60.8 Å². The first kappa shape index (κ1) is 16.0. The van der Waals surface area contributed by atoms with Crippen LogP contribution in [0.4, 0.5) is 0 Å². The molecule has 0 radical (unpaired) electrons. The summed E-state index contributed by atoms with van der Waals surface area (Å²) < 4.78 is 5.70. The molecule has 0 saturated heterocycles. The van der Waals surface area contributed by atoms with Crippen LogP contribution in [0.5, 0.6) is 5.75 Å². The lowest BCUT2D eigenvalue weighted by Gasteiger charge is -2.18. The Kier molecular flexibility index (Phi) is 4.75. The normalized spacial score (nSPS) is 10.6. The number of carbonyl (C=O) groups excluding carboxylic acids is 1. The van der Waals surface area contributed by atoms with Crippen LogP contribution in [0.25, 0.3) is 10.9 Å². The quantitative estimate of drug-likeness (QED) is 0.720. The molecule has 4 nitrogen and oxygen atoms in total. The molecular weight excluding hydrogens is 300 g/mol. The number of pyridine rings is 1. The molecular formula is C20H20N2O2. The van der Waals surface area contributed by atoms with E-state index < -0.39 is 0 Å². The molecule has 122 valence electrons. The standard InChI is InChI=1S/C20H20N2O2/c1-15-8-10-17(11-9-15)24-14-13-22(2)20(23)18-7-3-5-16-6-4-12-21-19(16)18/h3-12H,13-14H2,1-2H3. The maximum atomic E-state index is 12.7. The van der Waals surface area contributed by atoms with Gasteiger partial charge in [0.25, 0.3) is 5.91 Å². The first-order valence-electron chi connectivity index (χ1n) is 7.94.